The van der Waals surface area contributed by atoms with Crippen molar-refractivity contribution in [3.05, 3.63) is 122 Å². The van der Waals surface area contributed by atoms with E-state index in [1.165, 1.54) is 34.7 Å². The van der Waals surface area contributed by atoms with Crippen molar-refractivity contribution in [1.29, 1.82) is 0 Å². The molecule has 0 unspecified atom stereocenters. The molecule has 0 bridgehead atoms. The van der Waals surface area contributed by atoms with E-state index in [2.05, 4.69) is 70.1 Å². The first kappa shape index (κ1) is 46.3. The SMILES string of the molecule is COc1ncc(C)c(B(O)O)c1C.COc1ncc(C)c(I)c1C.Cc1ccc(F)nc1.Cc1cnc(F)c(C)c1I.Cc1cnc(F)c(I)c1. The van der Waals surface area contributed by atoms with Crippen molar-refractivity contribution < 1.29 is 32.7 Å². The normalized spacial score (nSPS) is 9.76. The van der Waals surface area contributed by atoms with Gasteiger partial charge in [0.1, 0.15) is 0 Å². The molecule has 5 rings (SSSR count). The van der Waals surface area contributed by atoms with Crippen LogP contribution in [-0.4, -0.2) is 56.3 Å². The van der Waals surface area contributed by atoms with Crippen molar-refractivity contribution in [2.75, 3.05) is 14.2 Å². The minimum Gasteiger partial charge on any atom is -0.481 e. The van der Waals surface area contributed by atoms with Gasteiger partial charge in [-0.05, 0) is 169 Å². The van der Waals surface area contributed by atoms with Crippen LogP contribution in [-0.2, 0) is 0 Å². The molecule has 0 atom stereocenters. The summed E-state index contributed by atoms with van der Waals surface area (Å²) in [4.78, 5) is 18.6. The van der Waals surface area contributed by atoms with Crippen molar-refractivity contribution >= 4 is 80.4 Å². The van der Waals surface area contributed by atoms with Gasteiger partial charge in [0, 0.05) is 54.8 Å². The Balaban J connectivity index is 0.000000322. The predicted molar refractivity (Wildman–Crippen MR) is 220 cm³/mol. The molecular formula is C35H40BF3I3N5O4. The maximum atomic E-state index is 12.6. The van der Waals surface area contributed by atoms with Crippen molar-refractivity contribution in [2.45, 2.75) is 55.4 Å². The molecule has 5 aromatic heterocycles. The van der Waals surface area contributed by atoms with E-state index in [1.54, 1.807) is 52.4 Å². The molecule has 2 N–H and O–H groups in total. The third-order valence-corrected chi connectivity index (χ3v) is 10.8. The molecule has 0 aliphatic rings. The zero-order valence-corrected chi connectivity index (χ0v) is 36.4. The molecule has 0 fully saturated rings. The Bertz CT molecular complexity index is 1830. The molecule has 9 nitrogen and oxygen atoms in total. The first-order chi connectivity index (χ1) is 23.9. The fourth-order valence-corrected chi connectivity index (χ4v) is 5.26. The number of hydrogen-bond donors (Lipinski definition) is 2. The van der Waals surface area contributed by atoms with Crippen LogP contribution in [0.5, 0.6) is 11.8 Å². The highest BCUT2D eigenvalue weighted by molar-refractivity contribution is 14.1. The Morgan fingerprint density at radius 2 is 1.04 bits per heavy atom. The predicted octanol–water partition coefficient (Wildman–Crippen LogP) is 7.80. The fraction of sp³-hybridized carbons (Fsp3) is 0.286. The van der Waals surface area contributed by atoms with E-state index in [4.69, 9.17) is 19.5 Å². The molecule has 16 heteroatoms. The zero-order chi connectivity index (χ0) is 39.0. The molecule has 5 heterocycles. The monoisotopic (exact) mass is 1040 g/mol. The standard InChI is InChI=1S/C8H12BNO3.C8H10INO.C7H7FIN.C6H5FIN.C6H6FN/c1-5-4-10-8(13-3)6(2)7(5)9(11)12;1-5-4-10-8(11-3)6(2)7(5)9;1-4-3-10-7(8)5(2)6(4)9;1-4-2-5(8)6(7)9-3-4;1-5-2-3-6(7)8-4-5/h4,11-12H,1-3H3;4H,1-3H3;3H,1-2H3;2-3H,1H3;2-4H,1H3. The molecule has 0 aliphatic carbocycles. The molecule has 0 aliphatic heterocycles. The number of ether oxygens (including phenoxy) is 2. The topological polar surface area (TPSA) is 123 Å². The summed E-state index contributed by atoms with van der Waals surface area (Å²) in [5, 5.41) is 18.2. The highest BCUT2D eigenvalue weighted by Crippen LogP contribution is 2.22. The first-order valence-corrected chi connectivity index (χ1v) is 18.2. The van der Waals surface area contributed by atoms with Crippen LogP contribution in [0.3, 0.4) is 0 Å². The second kappa shape index (κ2) is 23.1. The quantitative estimate of drug-likeness (QED) is 0.106. The summed E-state index contributed by atoms with van der Waals surface area (Å²) in [7, 11) is 1.66. The maximum absolute atomic E-state index is 12.6. The van der Waals surface area contributed by atoms with Crippen molar-refractivity contribution in [3.63, 3.8) is 0 Å². The highest BCUT2D eigenvalue weighted by atomic mass is 127. The number of aromatic nitrogens is 5. The van der Waals surface area contributed by atoms with E-state index in [-0.39, 0.29) is 11.9 Å². The second-order valence-corrected chi connectivity index (χ2v) is 14.2. The summed E-state index contributed by atoms with van der Waals surface area (Å²) in [6.07, 6.45) is 7.94. The van der Waals surface area contributed by atoms with Gasteiger partial charge in [0.15, 0.2) is 0 Å². The van der Waals surface area contributed by atoms with Crippen LogP contribution in [0.15, 0.2) is 49.2 Å². The average molecular weight is 1040 g/mol. The lowest BCUT2D eigenvalue weighted by Crippen LogP contribution is -2.35. The van der Waals surface area contributed by atoms with Gasteiger partial charge in [-0.2, -0.15) is 13.2 Å². The van der Waals surface area contributed by atoms with Gasteiger partial charge in [0.2, 0.25) is 29.6 Å². The van der Waals surface area contributed by atoms with Crippen LogP contribution >= 0.6 is 67.8 Å². The summed E-state index contributed by atoms with van der Waals surface area (Å²) in [5.41, 5.74) is 7.82. The van der Waals surface area contributed by atoms with Gasteiger partial charge in [-0.3, -0.25) is 0 Å². The van der Waals surface area contributed by atoms with E-state index in [1.807, 2.05) is 63.4 Å². The van der Waals surface area contributed by atoms with E-state index in [0.717, 1.165) is 37.3 Å². The number of halogens is 6. The van der Waals surface area contributed by atoms with Gasteiger partial charge >= 0.3 is 7.12 Å². The molecule has 274 valence electrons. The molecule has 0 saturated heterocycles. The van der Waals surface area contributed by atoms with Gasteiger partial charge in [0.05, 0.1) is 17.8 Å². The zero-order valence-electron chi connectivity index (χ0n) is 29.9. The highest BCUT2D eigenvalue weighted by Gasteiger charge is 2.20. The average Bonchev–Trinajstić information content (AvgIpc) is 3.09. The maximum Gasteiger partial charge on any atom is 0.489 e. The second-order valence-electron chi connectivity index (χ2n) is 10.9. The van der Waals surface area contributed by atoms with Crippen molar-refractivity contribution in [1.82, 2.24) is 24.9 Å². The Morgan fingerprint density at radius 1 is 0.569 bits per heavy atom. The number of methoxy groups -OCH3 is 2. The number of hydrogen-bond acceptors (Lipinski definition) is 9. The van der Waals surface area contributed by atoms with Crippen LogP contribution < -0.4 is 14.9 Å². The molecule has 0 saturated carbocycles. The summed E-state index contributed by atoms with van der Waals surface area (Å²) < 4.78 is 49.8. The minimum atomic E-state index is -1.48. The van der Waals surface area contributed by atoms with Gasteiger partial charge in [-0.25, -0.2) is 24.9 Å². The fourth-order valence-electron chi connectivity index (χ4n) is 3.90. The number of aryl methyl sites for hydroxylation is 5. The van der Waals surface area contributed by atoms with Crippen LogP contribution in [0.4, 0.5) is 13.2 Å². The van der Waals surface area contributed by atoms with E-state index >= 15 is 0 Å². The number of nitrogens with zero attached hydrogens (tertiary/aromatic N) is 5. The Labute approximate surface area is 338 Å². The van der Waals surface area contributed by atoms with Gasteiger partial charge in [-0.1, -0.05) is 6.07 Å². The molecule has 0 spiro atoms. The summed E-state index contributed by atoms with van der Waals surface area (Å²) >= 11 is 6.32. The van der Waals surface area contributed by atoms with E-state index < -0.39 is 13.1 Å². The Kier molecular flexibility index (Phi) is 21.0. The van der Waals surface area contributed by atoms with Gasteiger partial charge < -0.3 is 19.5 Å². The summed E-state index contributed by atoms with van der Waals surface area (Å²) in [5.74, 6) is -0.0273. The van der Waals surface area contributed by atoms with Crippen LogP contribution in [0, 0.1) is 83.9 Å². The minimum absolute atomic E-state index is 0.366. The Hall–Kier alpha value is -2.69. The molecule has 51 heavy (non-hydrogen) atoms. The van der Waals surface area contributed by atoms with Crippen LogP contribution in [0.25, 0.3) is 0 Å². The van der Waals surface area contributed by atoms with Crippen molar-refractivity contribution in [3.8, 4) is 11.8 Å². The largest absolute Gasteiger partial charge is 0.489 e. The Morgan fingerprint density at radius 3 is 1.47 bits per heavy atom. The van der Waals surface area contributed by atoms with Crippen LogP contribution in [0.2, 0.25) is 0 Å². The first-order valence-electron chi connectivity index (χ1n) is 15.0. The molecule has 0 radical (unpaired) electrons. The lowest BCUT2D eigenvalue weighted by atomic mass is 9.75. The summed E-state index contributed by atoms with van der Waals surface area (Å²) in [6.45, 7) is 15.0. The smallest absolute Gasteiger partial charge is 0.481 e. The molecule has 0 aromatic carbocycles. The van der Waals surface area contributed by atoms with Crippen molar-refractivity contribution in [2.24, 2.45) is 0 Å². The van der Waals surface area contributed by atoms with E-state index in [0.29, 0.717) is 26.0 Å². The number of pyridine rings is 5. The third-order valence-electron chi connectivity index (χ3n) is 6.71. The molecule has 5 aromatic rings. The number of rotatable bonds is 3. The lowest BCUT2D eigenvalue weighted by molar-refractivity contribution is 0.393. The van der Waals surface area contributed by atoms with E-state index in [9.17, 15) is 13.2 Å². The van der Waals surface area contributed by atoms with Gasteiger partial charge in [-0.15, -0.1) is 0 Å². The molecular weight excluding hydrogens is 1000 g/mol. The summed E-state index contributed by atoms with van der Waals surface area (Å²) in [6, 6.07) is 4.78. The lowest BCUT2D eigenvalue weighted by Gasteiger charge is -2.11. The van der Waals surface area contributed by atoms with Crippen LogP contribution in [0.1, 0.15) is 44.5 Å². The van der Waals surface area contributed by atoms with Gasteiger partial charge in [0.25, 0.3) is 0 Å². The third kappa shape index (κ3) is 15.4. The molecule has 0 amide bonds.